The first-order valence-corrected chi connectivity index (χ1v) is 6.88. The highest BCUT2D eigenvalue weighted by Crippen LogP contribution is 2.27. The minimum Gasteiger partial charge on any atom is -0.268 e. The van der Waals surface area contributed by atoms with Crippen LogP contribution < -0.4 is 0 Å². The molecule has 0 aliphatic carbocycles. The summed E-state index contributed by atoms with van der Waals surface area (Å²) in [4.78, 5) is 0. The molecule has 0 atom stereocenters. The Hall–Kier alpha value is -0.540. The normalized spacial score (nSPS) is 30.4. The maximum absolute atomic E-state index is 12.6. The van der Waals surface area contributed by atoms with E-state index in [0.717, 1.165) is 0 Å². The molecule has 1 saturated heterocycles. The molecule has 0 bridgehead atoms. The van der Waals surface area contributed by atoms with Crippen molar-refractivity contribution in [2.24, 2.45) is 0 Å². The Labute approximate surface area is 97.6 Å². The van der Waals surface area contributed by atoms with Gasteiger partial charge in [0.05, 0.1) is 0 Å². The van der Waals surface area contributed by atoms with E-state index in [9.17, 15) is 34.4 Å². The lowest BCUT2D eigenvalue weighted by atomic mass is 11.2. The van der Waals surface area contributed by atoms with Crippen molar-refractivity contribution in [3.8, 4) is 0 Å². The van der Waals surface area contributed by atoms with Crippen molar-refractivity contribution in [2.45, 2.75) is 12.6 Å². The monoisotopic (exact) mass is 320 g/mol. The summed E-state index contributed by atoms with van der Waals surface area (Å²) in [6.45, 7) is -1.88. The van der Waals surface area contributed by atoms with E-state index in [1.807, 2.05) is 0 Å². The van der Waals surface area contributed by atoms with E-state index >= 15 is 0 Å². The topological polar surface area (TPSA) is 105 Å². The van der Waals surface area contributed by atoms with Crippen molar-refractivity contribution >= 4 is 20.2 Å². The van der Waals surface area contributed by atoms with Crippen LogP contribution in [0.5, 0.6) is 0 Å². The van der Waals surface area contributed by atoms with Gasteiger partial charge in [0.1, 0.15) is 0 Å². The summed E-state index contributed by atoms with van der Waals surface area (Å²) in [7, 11) is -10.8. The molecule has 0 saturated carbocycles. The lowest BCUT2D eigenvalue weighted by Gasteiger charge is -2.21. The van der Waals surface area contributed by atoms with Gasteiger partial charge in [0.25, 0.3) is 20.2 Å². The van der Waals surface area contributed by atoms with Gasteiger partial charge < -0.3 is 0 Å². The minimum absolute atomic E-state index is 1.88. The summed E-state index contributed by atoms with van der Waals surface area (Å²) in [5.74, 6) is 0. The minimum atomic E-state index is -5.42. The van der Waals surface area contributed by atoms with Gasteiger partial charge in [-0.3, -0.25) is 9.47 Å². The van der Waals surface area contributed by atoms with Crippen LogP contribution in [0, 0.1) is 0 Å². The maximum Gasteiger partial charge on any atom is 0.502 e. The number of ether oxygens (including phenoxy) is 2. The van der Waals surface area contributed by atoms with Gasteiger partial charge in [-0.2, -0.15) is 25.2 Å². The molecule has 14 heteroatoms. The van der Waals surface area contributed by atoms with Gasteiger partial charge in [-0.1, -0.05) is 0 Å². The molecule has 0 unspecified atom stereocenters. The Kier molecular flexibility index (Phi) is 3.91. The SMILES string of the molecule is O=S1(=O)CS(=O)(=O)OC(F)(F)OCOC(F)(F)O1. The van der Waals surface area contributed by atoms with Crippen molar-refractivity contribution in [3.63, 3.8) is 0 Å². The lowest BCUT2D eigenvalue weighted by Crippen LogP contribution is -2.39. The zero-order valence-electron chi connectivity index (χ0n) is 8.01. The van der Waals surface area contributed by atoms with Crippen molar-refractivity contribution in [1.82, 2.24) is 0 Å². The van der Waals surface area contributed by atoms with Gasteiger partial charge in [-0.15, -0.1) is 17.6 Å². The second-order valence-corrected chi connectivity index (χ2v) is 6.24. The first-order valence-electron chi connectivity index (χ1n) is 3.73. The molecule has 1 rings (SSSR count). The van der Waals surface area contributed by atoms with E-state index in [1.165, 1.54) is 0 Å². The molecule has 0 amide bonds. The summed E-state index contributed by atoms with van der Waals surface area (Å²) in [5, 5.41) is -2.27. The van der Waals surface area contributed by atoms with Crippen LogP contribution in [0.1, 0.15) is 0 Å². The van der Waals surface area contributed by atoms with E-state index in [0.29, 0.717) is 0 Å². The third-order valence-electron chi connectivity index (χ3n) is 1.19. The molecule has 8 nitrogen and oxygen atoms in total. The number of hydrogen-bond acceptors (Lipinski definition) is 8. The number of alkyl halides is 4. The van der Waals surface area contributed by atoms with Gasteiger partial charge in [0, 0.05) is 0 Å². The highest BCUT2D eigenvalue weighted by atomic mass is 32.3. The second-order valence-electron chi connectivity index (χ2n) is 2.73. The Bertz CT molecular complexity index is 463. The predicted octanol–water partition coefficient (Wildman–Crippen LogP) is -0.258. The van der Waals surface area contributed by atoms with Crippen LogP contribution in [0.3, 0.4) is 0 Å². The maximum atomic E-state index is 12.6. The average molecular weight is 320 g/mol. The molecular weight excluding hydrogens is 316 g/mol. The Morgan fingerprint density at radius 1 is 0.778 bits per heavy atom. The molecule has 1 aliphatic heterocycles. The fourth-order valence-corrected chi connectivity index (χ4v) is 3.22. The molecular formula is C4H4F4O8S2. The highest BCUT2D eigenvalue weighted by Gasteiger charge is 2.47. The summed E-state index contributed by atoms with van der Waals surface area (Å²) >= 11 is 0. The quantitative estimate of drug-likeness (QED) is 0.444. The standard InChI is InChI=1S/C4H4F4O8S2/c5-3(6)13-1-14-4(7,8)16-18(11,12)2-17(9,10)15-3/h1-2H2. The van der Waals surface area contributed by atoms with Crippen LogP contribution in [0.25, 0.3) is 0 Å². The van der Waals surface area contributed by atoms with E-state index in [4.69, 9.17) is 0 Å². The number of hydrogen-bond donors (Lipinski definition) is 0. The van der Waals surface area contributed by atoms with Crippen LogP contribution in [0.4, 0.5) is 17.6 Å². The number of halogens is 4. The highest BCUT2D eigenvalue weighted by molar-refractivity contribution is 8.03. The Morgan fingerprint density at radius 2 is 1.11 bits per heavy atom. The fraction of sp³-hybridized carbons (Fsp3) is 1.00. The molecule has 18 heavy (non-hydrogen) atoms. The number of rotatable bonds is 0. The summed E-state index contributed by atoms with van der Waals surface area (Å²) in [5.41, 5.74) is 0. The van der Waals surface area contributed by atoms with Crippen molar-refractivity contribution in [1.29, 1.82) is 0 Å². The van der Waals surface area contributed by atoms with Gasteiger partial charge in [0.15, 0.2) is 6.79 Å². The third kappa shape index (κ3) is 4.99. The van der Waals surface area contributed by atoms with Gasteiger partial charge in [0.2, 0.25) is 5.08 Å². The van der Waals surface area contributed by atoms with Gasteiger partial charge in [-0.25, -0.2) is 0 Å². The van der Waals surface area contributed by atoms with Crippen LogP contribution in [-0.4, -0.2) is 41.3 Å². The molecule has 1 aliphatic rings. The average Bonchev–Trinajstić information content (AvgIpc) is 1.91. The first-order chi connectivity index (χ1) is 7.83. The summed E-state index contributed by atoms with van der Waals surface area (Å²) < 4.78 is 106. The zero-order chi connectivity index (χ0) is 14.2. The van der Waals surface area contributed by atoms with Crippen LogP contribution in [0.15, 0.2) is 0 Å². The first kappa shape index (κ1) is 15.5. The molecule has 0 aromatic rings. The molecule has 0 aromatic heterocycles. The largest absolute Gasteiger partial charge is 0.502 e. The fourth-order valence-electron chi connectivity index (χ4n) is 0.735. The van der Waals surface area contributed by atoms with E-state index in [2.05, 4.69) is 17.8 Å². The van der Waals surface area contributed by atoms with Crippen molar-refractivity contribution < 1.29 is 52.2 Å². The van der Waals surface area contributed by atoms with Crippen LogP contribution in [0.2, 0.25) is 0 Å². The third-order valence-corrected chi connectivity index (χ3v) is 4.40. The van der Waals surface area contributed by atoms with Gasteiger partial charge in [-0.05, 0) is 0 Å². The Balaban J connectivity index is 3.09. The van der Waals surface area contributed by atoms with E-state index < -0.39 is 44.7 Å². The predicted molar refractivity (Wildman–Crippen MR) is 41.8 cm³/mol. The Morgan fingerprint density at radius 3 is 1.44 bits per heavy atom. The smallest absolute Gasteiger partial charge is 0.268 e. The molecule has 108 valence electrons. The van der Waals surface area contributed by atoms with Crippen molar-refractivity contribution in [2.75, 3.05) is 11.9 Å². The van der Waals surface area contributed by atoms with Crippen LogP contribution in [-0.2, 0) is 38.1 Å². The van der Waals surface area contributed by atoms with E-state index in [-0.39, 0.29) is 0 Å². The lowest BCUT2D eigenvalue weighted by molar-refractivity contribution is -0.428. The molecule has 1 fully saturated rings. The molecule has 0 spiro atoms. The van der Waals surface area contributed by atoms with E-state index in [1.54, 1.807) is 0 Å². The zero-order valence-corrected chi connectivity index (χ0v) is 9.64. The molecule has 0 radical (unpaired) electrons. The van der Waals surface area contributed by atoms with Crippen LogP contribution >= 0.6 is 0 Å². The van der Waals surface area contributed by atoms with Crippen molar-refractivity contribution in [3.05, 3.63) is 0 Å². The summed E-state index contributed by atoms with van der Waals surface area (Å²) in [6, 6.07) is 0. The molecule has 0 aromatic carbocycles. The molecule has 1 heterocycles. The molecule has 0 N–H and O–H groups in total. The van der Waals surface area contributed by atoms with Gasteiger partial charge >= 0.3 is 12.6 Å². The summed E-state index contributed by atoms with van der Waals surface area (Å²) in [6.07, 6.45) is -9.72. The second kappa shape index (κ2) is 4.53.